The average Bonchev–Trinajstić information content (AvgIpc) is 2.54. The third kappa shape index (κ3) is 2.63. The quantitative estimate of drug-likeness (QED) is 0.794. The smallest absolute Gasteiger partial charge is 0.253 e. The average molecular weight is 289 g/mol. The summed E-state index contributed by atoms with van der Waals surface area (Å²) in [6.45, 7) is 1.61. The molecular formula is C16H17ClN2O. The van der Waals surface area contributed by atoms with Gasteiger partial charge >= 0.3 is 0 Å². The van der Waals surface area contributed by atoms with Crippen LogP contribution in [0.4, 0.5) is 0 Å². The van der Waals surface area contributed by atoms with Gasteiger partial charge < -0.3 is 4.90 Å². The minimum absolute atomic E-state index is 0.115. The second-order valence-corrected chi connectivity index (χ2v) is 5.61. The summed E-state index contributed by atoms with van der Waals surface area (Å²) in [4.78, 5) is 18.7. The first kappa shape index (κ1) is 13.4. The SMILES string of the molecule is O=C(c1ccc2ncccc2c1)N1CCC(CCl)CC1. The summed E-state index contributed by atoms with van der Waals surface area (Å²) >= 11 is 5.88. The van der Waals surface area contributed by atoms with Crippen molar-refractivity contribution in [1.29, 1.82) is 0 Å². The second-order valence-electron chi connectivity index (χ2n) is 5.30. The van der Waals surface area contributed by atoms with Gasteiger partial charge in [0.25, 0.3) is 5.91 Å². The van der Waals surface area contributed by atoms with Crippen molar-refractivity contribution >= 4 is 28.4 Å². The van der Waals surface area contributed by atoms with Crippen LogP contribution in [0.15, 0.2) is 36.5 Å². The molecule has 0 saturated carbocycles. The van der Waals surface area contributed by atoms with Crippen molar-refractivity contribution in [3.8, 4) is 0 Å². The highest BCUT2D eigenvalue weighted by atomic mass is 35.5. The van der Waals surface area contributed by atoms with Crippen LogP contribution in [-0.4, -0.2) is 34.8 Å². The molecule has 3 rings (SSSR count). The first-order valence-electron chi connectivity index (χ1n) is 6.98. The van der Waals surface area contributed by atoms with E-state index < -0.39 is 0 Å². The fraction of sp³-hybridized carbons (Fsp3) is 0.375. The lowest BCUT2D eigenvalue weighted by molar-refractivity contribution is 0.0698. The minimum Gasteiger partial charge on any atom is -0.339 e. The number of rotatable bonds is 2. The number of benzene rings is 1. The van der Waals surface area contributed by atoms with E-state index in [4.69, 9.17) is 11.6 Å². The van der Waals surface area contributed by atoms with E-state index >= 15 is 0 Å². The molecule has 2 heterocycles. The maximum absolute atomic E-state index is 12.5. The van der Waals surface area contributed by atoms with E-state index in [1.165, 1.54) is 0 Å². The van der Waals surface area contributed by atoms with E-state index in [0.717, 1.165) is 42.4 Å². The Morgan fingerprint density at radius 3 is 2.85 bits per heavy atom. The Labute approximate surface area is 123 Å². The number of alkyl halides is 1. The number of halogens is 1. The fourth-order valence-electron chi connectivity index (χ4n) is 2.68. The molecule has 1 amide bonds. The molecule has 0 aliphatic carbocycles. The molecule has 1 saturated heterocycles. The first-order chi connectivity index (χ1) is 9.78. The van der Waals surface area contributed by atoms with Gasteiger partial charge in [0.2, 0.25) is 0 Å². The third-order valence-corrected chi connectivity index (χ3v) is 4.41. The summed E-state index contributed by atoms with van der Waals surface area (Å²) in [5.74, 6) is 1.37. The van der Waals surface area contributed by atoms with Gasteiger partial charge in [-0.15, -0.1) is 11.6 Å². The number of carbonyl (C=O) groups excluding carboxylic acids is 1. The van der Waals surface area contributed by atoms with Crippen LogP contribution in [0.2, 0.25) is 0 Å². The monoisotopic (exact) mass is 288 g/mol. The van der Waals surface area contributed by atoms with Crippen LogP contribution in [0.25, 0.3) is 10.9 Å². The van der Waals surface area contributed by atoms with Gasteiger partial charge in [-0.1, -0.05) is 6.07 Å². The maximum atomic E-state index is 12.5. The number of nitrogens with zero attached hydrogens (tertiary/aromatic N) is 2. The molecule has 3 nitrogen and oxygen atoms in total. The summed E-state index contributed by atoms with van der Waals surface area (Å²) in [5.41, 5.74) is 1.67. The highest BCUT2D eigenvalue weighted by Crippen LogP contribution is 2.21. The second kappa shape index (κ2) is 5.80. The zero-order valence-electron chi connectivity index (χ0n) is 11.3. The molecule has 4 heteroatoms. The van der Waals surface area contributed by atoms with E-state index in [2.05, 4.69) is 4.98 Å². The molecule has 1 aliphatic rings. The Kier molecular flexibility index (Phi) is 3.88. The van der Waals surface area contributed by atoms with Crippen LogP contribution in [0, 0.1) is 5.92 Å². The number of hydrogen-bond acceptors (Lipinski definition) is 2. The van der Waals surface area contributed by atoms with E-state index in [9.17, 15) is 4.79 Å². The normalized spacial score (nSPS) is 16.6. The molecule has 1 aromatic carbocycles. The van der Waals surface area contributed by atoms with Gasteiger partial charge in [0.1, 0.15) is 0 Å². The van der Waals surface area contributed by atoms with Crippen LogP contribution in [0.5, 0.6) is 0 Å². The number of likely N-dealkylation sites (tertiary alicyclic amines) is 1. The maximum Gasteiger partial charge on any atom is 0.253 e. The van der Waals surface area contributed by atoms with E-state index in [1.54, 1.807) is 6.20 Å². The van der Waals surface area contributed by atoms with Crippen molar-refractivity contribution in [2.75, 3.05) is 19.0 Å². The summed E-state index contributed by atoms with van der Waals surface area (Å²) in [7, 11) is 0. The Balaban J connectivity index is 1.79. The van der Waals surface area contributed by atoms with Gasteiger partial charge in [-0.2, -0.15) is 0 Å². The molecule has 1 fully saturated rings. The van der Waals surface area contributed by atoms with Crippen LogP contribution in [0.3, 0.4) is 0 Å². The number of carbonyl (C=O) groups is 1. The highest BCUT2D eigenvalue weighted by molar-refractivity contribution is 6.18. The molecule has 0 atom stereocenters. The van der Waals surface area contributed by atoms with Crippen LogP contribution in [0.1, 0.15) is 23.2 Å². The zero-order chi connectivity index (χ0) is 13.9. The van der Waals surface area contributed by atoms with Gasteiger partial charge in [0.05, 0.1) is 5.52 Å². The molecule has 0 unspecified atom stereocenters. The minimum atomic E-state index is 0.115. The molecule has 0 N–H and O–H groups in total. The van der Waals surface area contributed by atoms with Gasteiger partial charge in [0, 0.05) is 36.1 Å². The number of piperidine rings is 1. The lowest BCUT2D eigenvalue weighted by atomic mass is 9.98. The summed E-state index contributed by atoms with van der Waals surface area (Å²) in [6.07, 6.45) is 3.77. The molecule has 20 heavy (non-hydrogen) atoms. The number of aromatic nitrogens is 1. The van der Waals surface area contributed by atoms with Gasteiger partial charge in [0.15, 0.2) is 0 Å². The molecule has 104 valence electrons. The summed E-state index contributed by atoms with van der Waals surface area (Å²) in [6, 6.07) is 9.58. The van der Waals surface area contributed by atoms with Crippen molar-refractivity contribution in [2.45, 2.75) is 12.8 Å². The van der Waals surface area contributed by atoms with Crippen LogP contribution in [-0.2, 0) is 0 Å². The van der Waals surface area contributed by atoms with E-state index in [0.29, 0.717) is 11.8 Å². The molecule has 1 aliphatic heterocycles. The Hall–Kier alpha value is -1.61. The van der Waals surface area contributed by atoms with Crippen molar-refractivity contribution in [3.63, 3.8) is 0 Å². The number of amides is 1. The van der Waals surface area contributed by atoms with Gasteiger partial charge in [-0.25, -0.2) is 0 Å². The molecule has 0 bridgehead atoms. The van der Waals surface area contributed by atoms with Gasteiger partial charge in [-0.3, -0.25) is 9.78 Å². The summed E-state index contributed by atoms with van der Waals surface area (Å²) in [5, 5.41) is 1.01. The van der Waals surface area contributed by atoms with Crippen molar-refractivity contribution < 1.29 is 4.79 Å². The molecule has 0 spiro atoms. The lowest BCUT2D eigenvalue weighted by Crippen LogP contribution is -2.38. The predicted molar refractivity (Wildman–Crippen MR) is 81.1 cm³/mol. The molecule has 1 aromatic heterocycles. The van der Waals surface area contributed by atoms with E-state index in [-0.39, 0.29) is 5.91 Å². The van der Waals surface area contributed by atoms with Crippen molar-refractivity contribution in [2.24, 2.45) is 5.92 Å². The Bertz CT molecular complexity index is 621. The van der Waals surface area contributed by atoms with E-state index in [1.807, 2.05) is 35.2 Å². The molecule has 0 radical (unpaired) electrons. The zero-order valence-corrected chi connectivity index (χ0v) is 12.0. The lowest BCUT2D eigenvalue weighted by Gasteiger charge is -2.31. The largest absolute Gasteiger partial charge is 0.339 e. The van der Waals surface area contributed by atoms with Crippen molar-refractivity contribution in [3.05, 3.63) is 42.1 Å². The van der Waals surface area contributed by atoms with Gasteiger partial charge in [-0.05, 0) is 43.0 Å². The number of pyridine rings is 1. The fourth-order valence-corrected chi connectivity index (χ4v) is 2.99. The summed E-state index contributed by atoms with van der Waals surface area (Å²) < 4.78 is 0. The third-order valence-electron chi connectivity index (χ3n) is 3.97. The number of hydrogen-bond donors (Lipinski definition) is 0. The standard InChI is InChI=1S/C16H17ClN2O/c17-11-12-5-8-19(9-6-12)16(20)14-3-4-15-13(10-14)2-1-7-18-15/h1-4,7,10,12H,5-6,8-9,11H2. The van der Waals surface area contributed by atoms with Crippen LogP contribution >= 0.6 is 11.6 Å². The first-order valence-corrected chi connectivity index (χ1v) is 7.51. The van der Waals surface area contributed by atoms with Crippen molar-refractivity contribution in [1.82, 2.24) is 9.88 Å². The highest BCUT2D eigenvalue weighted by Gasteiger charge is 2.23. The molecular weight excluding hydrogens is 272 g/mol. The Morgan fingerprint density at radius 2 is 2.10 bits per heavy atom. The Morgan fingerprint density at radius 1 is 1.30 bits per heavy atom. The topological polar surface area (TPSA) is 33.2 Å². The number of fused-ring (bicyclic) bond motifs is 1. The van der Waals surface area contributed by atoms with Crippen LogP contribution < -0.4 is 0 Å². The molecule has 2 aromatic rings. The predicted octanol–water partition coefficient (Wildman–Crippen LogP) is 3.33.